The number of nitrogens with zero attached hydrogens (tertiary/aromatic N) is 5. The van der Waals surface area contributed by atoms with Gasteiger partial charge in [0.2, 0.25) is 11.8 Å². The van der Waals surface area contributed by atoms with Crippen molar-refractivity contribution in [3.8, 4) is 23.4 Å². The van der Waals surface area contributed by atoms with Crippen LogP contribution in [0.2, 0.25) is 0 Å². The van der Waals surface area contributed by atoms with Crippen molar-refractivity contribution in [2.45, 2.75) is 0 Å². The molecule has 0 bridgehead atoms. The summed E-state index contributed by atoms with van der Waals surface area (Å²) in [5.74, 6) is 1.03. The fourth-order valence-electron chi connectivity index (χ4n) is 3.37. The Hall–Kier alpha value is -4.04. The summed E-state index contributed by atoms with van der Waals surface area (Å²) >= 11 is 0. The number of fused-ring (bicyclic) bond motifs is 3. The summed E-state index contributed by atoms with van der Waals surface area (Å²) in [7, 11) is 0. The van der Waals surface area contributed by atoms with Crippen LogP contribution in [0.4, 0.5) is 0 Å². The van der Waals surface area contributed by atoms with Gasteiger partial charge >= 0.3 is 0 Å². The predicted molar refractivity (Wildman–Crippen MR) is 104 cm³/mol. The molecule has 27 heavy (non-hydrogen) atoms. The van der Waals surface area contributed by atoms with Gasteiger partial charge in [0, 0.05) is 16.3 Å². The van der Waals surface area contributed by atoms with E-state index < -0.39 is 0 Å². The first-order chi connectivity index (χ1) is 13.3. The molecule has 0 spiro atoms. The highest BCUT2D eigenvalue weighted by atomic mass is 15.2. The Bertz CT molecular complexity index is 1280. The molecular formula is C22H13N5. The smallest absolute Gasteiger partial charge is 0.239 e. The second-order valence-corrected chi connectivity index (χ2v) is 6.13. The van der Waals surface area contributed by atoms with Gasteiger partial charge in [-0.05, 0) is 12.1 Å². The van der Waals surface area contributed by atoms with Gasteiger partial charge in [0.25, 0.3) is 0 Å². The molecule has 5 aromatic rings. The Labute approximate surface area is 155 Å². The van der Waals surface area contributed by atoms with Gasteiger partial charge in [0.1, 0.15) is 6.07 Å². The van der Waals surface area contributed by atoms with E-state index in [-0.39, 0.29) is 5.82 Å². The van der Waals surface area contributed by atoms with Gasteiger partial charge in [-0.25, -0.2) is 0 Å². The normalized spacial score (nSPS) is 10.9. The molecule has 0 aliphatic heterocycles. The van der Waals surface area contributed by atoms with Gasteiger partial charge in [0.15, 0.2) is 5.82 Å². The summed E-state index contributed by atoms with van der Waals surface area (Å²) in [5, 5.41) is 11.7. The predicted octanol–water partition coefficient (Wildman–Crippen LogP) is 4.51. The maximum Gasteiger partial charge on any atom is 0.239 e. The first-order valence-electron chi connectivity index (χ1n) is 8.55. The van der Waals surface area contributed by atoms with Gasteiger partial charge in [0.05, 0.1) is 11.0 Å². The lowest BCUT2D eigenvalue weighted by molar-refractivity contribution is 0.930. The third-order valence-corrected chi connectivity index (χ3v) is 4.54. The van der Waals surface area contributed by atoms with E-state index in [1.807, 2.05) is 71.3 Å². The fraction of sp³-hybridized carbons (Fsp3) is 0. The molecule has 126 valence electrons. The van der Waals surface area contributed by atoms with Gasteiger partial charge < -0.3 is 0 Å². The molecule has 0 fully saturated rings. The standard InChI is InChI=1S/C22H13N5/c23-14-20-24-21(15-8-2-1-3-9-15)26-22(25-20)27-18-12-6-4-10-16(18)17-11-5-7-13-19(17)27/h1-13H. The lowest BCUT2D eigenvalue weighted by Gasteiger charge is -2.08. The van der Waals surface area contributed by atoms with Crippen molar-refractivity contribution < 1.29 is 0 Å². The summed E-state index contributed by atoms with van der Waals surface area (Å²) in [6.07, 6.45) is 0. The quantitative estimate of drug-likeness (QED) is 0.471. The minimum absolute atomic E-state index is 0.0979. The lowest BCUT2D eigenvalue weighted by Crippen LogP contribution is -2.06. The van der Waals surface area contributed by atoms with Crippen molar-refractivity contribution in [2.75, 3.05) is 0 Å². The van der Waals surface area contributed by atoms with E-state index in [1.54, 1.807) is 0 Å². The molecule has 2 aromatic heterocycles. The Morgan fingerprint density at radius 2 is 1.26 bits per heavy atom. The molecule has 0 saturated heterocycles. The van der Waals surface area contributed by atoms with Crippen LogP contribution in [-0.4, -0.2) is 19.5 Å². The van der Waals surface area contributed by atoms with Crippen LogP contribution >= 0.6 is 0 Å². The summed E-state index contributed by atoms with van der Waals surface area (Å²) in [6, 6.07) is 27.9. The highest BCUT2D eigenvalue weighted by Crippen LogP contribution is 2.31. The Morgan fingerprint density at radius 3 is 1.89 bits per heavy atom. The first-order valence-corrected chi connectivity index (χ1v) is 8.55. The summed E-state index contributed by atoms with van der Waals surface area (Å²) in [6.45, 7) is 0. The molecule has 0 unspecified atom stereocenters. The molecule has 0 aliphatic carbocycles. The molecule has 5 heteroatoms. The summed E-state index contributed by atoms with van der Waals surface area (Å²) < 4.78 is 1.99. The Balaban J connectivity index is 1.86. The number of rotatable bonds is 2. The average molecular weight is 347 g/mol. The van der Waals surface area contributed by atoms with E-state index >= 15 is 0 Å². The number of aromatic nitrogens is 4. The van der Waals surface area contributed by atoms with Crippen molar-refractivity contribution in [1.29, 1.82) is 5.26 Å². The highest BCUT2D eigenvalue weighted by Gasteiger charge is 2.16. The van der Waals surface area contributed by atoms with Crippen molar-refractivity contribution in [3.05, 3.63) is 84.7 Å². The number of benzene rings is 3. The highest BCUT2D eigenvalue weighted by molar-refractivity contribution is 6.08. The van der Waals surface area contributed by atoms with Crippen LogP contribution in [0.25, 0.3) is 39.1 Å². The summed E-state index contributed by atoms with van der Waals surface area (Å²) in [4.78, 5) is 13.4. The van der Waals surface area contributed by atoms with E-state index in [1.165, 1.54) is 0 Å². The van der Waals surface area contributed by atoms with E-state index in [0.717, 1.165) is 27.4 Å². The molecule has 5 nitrogen and oxygen atoms in total. The number of hydrogen-bond acceptors (Lipinski definition) is 4. The van der Waals surface area contributed by atoms with Crippen molar-refractivity contribution in [2.24, 2.45) is 0 Å². The van der Waals surface area contributed by atoms with E-state index in [9.17, 15) is 5.26 Å². The second-order valence-electron chi connectivity index (χ2n) is 6.13. The van der Waals surface area contributed by atoms with Crippen LogP contribution in [0.15, 0.2) is 78.9 Å². The van der Waals surface area contributed by atoms with Gasteiger partial charge in [-0.3, -0.25) is 4.57 Å². The molecule has 0 amide bonds. The minimum atomic E-state index is 0.0979. The third kappa shape index (κ3) is 2.43. The van der Waals surface area contributed by atoms with Crippen LogP contribution in [0.1, 0.15) is 5.82 Å². The van der Waals surface area contributed by atoms with Gasteiger partial charge in [-0.2, -0.15) is 20.2 Å². The van der Waals surface area contributed by atoms with Crippen LogP contribution in [0.5, 0.6) is 0 Å². The van der Waals surface area contributed by atoms with Crippen LogP contribution in [0.3, 0.4) is 0 Å². The largest absolute Gasteiger partial charge is 0.278 e. The van der Waals surface area contributed by atoms with Crippen molar-refractivity contribution in [1.82, 2.24) is 19.5 Å². The number of nitriles is 1. The zero-order valence-electron chi connectivity index (χ0n) is 14.2. The molecule has 3 aromatic carbocycles. The molecule has 0 radical (unpaired) electrons. The summed E-state index contributed by atoms with van der Waals surface area (Å²) in [5.41, 5.74) is 2.83. The molecule has 5 rings (SSSR count). The minimum Gasteiger partial charge on any atom is -0.278 e. The Kier molecular flexibility index (Phi) is 3.41. The number of hydrogen-bond donors (Lipinski definition) is 0. The molecule has 2 heterocycles. The van der Waals surface area contributed by atoms with E-state index in [2.05, 4.69) is 33.2 Å². The van der Waals surface area contributed by atoms with Gasteiger partial charge in [-0.1, -0.05) is 66.7 Å². The van der Waals surface area contributed by atoms with Crippen LogP contribution < -0.4 is 0 Å². The maximum absolute atomic E-state index is 9.45. The molecule has 0 saturated carbocycles. The zero-order valence-corrected chi connectivity index (χ0v) is 14.2. The van der Waals surface area contributed by atoms with Crippen LogP contribution in [0, 0.1) is 11.3 Å². The van der Waals surface area contributed by atoms with E-state index in [0.29, 0.717) is 11.8 Å². The molecule has 0 N–H and O–H groups in total. The number of para-hydroxylation sites is 2. The molecular weight excluding hydrogens is 334 g/mol. The second kappa shape index (κ2) is 6.04. The fourth-order valence-corrected chi connectivity index (χ4v) is 3.37. The third-order valence-electron chi connectivity index (χ3n) is 4.54. The average Bonchev–Trinajstić information content (AvgIpc) is 3.08. The first kappa shape index (κ1) is 15.2. The maximum atomic E-state index is 9.45. The monoisotopic (exact) mass is 347 g/mol. The molecule has 0 atom stereocenters. The zero-order chi connectivity index (χ0) is 18.2. The van der Waals surface area contributed by atoms with Crippen molar-refractivity contribution in [3.63, 3.8) is 0 Å². The molecule has 0 aliphatic rings. The lowest BCUT2D eigenvalue weighted by atomic mass is 10.2. The SMILES string of the molecule is N#Cc1nc(-c2ccccc2)nc(-n2c3ccccc3c3ccccc32)n1. The van der Waals surface area contributed by atoms with Crippen molar-refractivity contribution >= 4 is 21.8 Å². The van der Waals surface area contributed by atoms with Crippen LogP contribution in [-0.2, 0) is 0 Å². The topological polar surface area (TPSA) is 67.4 Å². The Morgan fingerprint density at radius 1 is 0.667 bits per heavy atom. The van der Waals surface area contributed by atoms with E-state index in [4.69, 9.17) is 0 Å². The van der Waals surface area contributed by atoms with Gasteiger partial charge in [-0.15, -0.1) is 0 Å².